The van der Waals surface area contributed by atoms with Crippen molar-refractivity contribution in [2.45, 2.75) is 140 Å². The number of benzene rings is 10. The van der Waals surface area contributed by atoms with Gasteiger partial charge < -0.3 is 9.80 Å². The highest BCUT2D eigenvalue weighted by Crippen LogP contribution is 2.54. The van der Waals surface area contributed by atoms with Crippen LogP contribution < -0.4 is 9.80 Å². The Hall–Kier alpha value is -12.6. The van der Waals surface area contributed by atoms with Crippen LogP contribution in [-0.2, 0) is 43.1 Å². The van der Waals surface area contributed by atoms with Crippen LogP contribution in [0.3, 0.4) is 0 Å². The highest BCUT2D eigenvalue weighted by Gasteiger charge is 2.56. The van der Waals surface area contributed by atoms with Gasteiger partial charge in [-0.2, -0.15) is 21.0 Å². The van der Waals surface area contributed by atoms with E-state index in [-0.39, 0.29) is 34.7 Å². The van der Waals surface area contributed by atoms with Gasteiger partial charge in [-0.1, -0.05) is 84.9 Å². The number of piperidine rings is 4. The molecule has 4 spiro atoms. The second-order valence-corrected chi connectivity index (χ2v) is 39.6. The Morgan fingerprint density at radius 3 is 0.862 bits per heavy atom. The summed E-state index contributed by atoms with van der Waals surface area (Å²) in [5, 5.41) is 36.3. The minimum absolute atomic E-state index is 0.148. The van der Waals surface area contributed by atoms with Gasteiger partial charge in [0.2, 0.25) is 23.6 Å². The summed E-state index contributed by atoms with van der Waals surface area (Å²) >= 11 is 6.69. The first-order chi connectivity index (χ1) is 63.4. The minimum atomic E-state index is -0.500. The molecule has 0 saturated carbocycles. The van der Waals surface area contributed by atoms with Crippen molar-refractivity contribution in [2.75, 3.05) is 75.2 Å². The molecule has 130 heavy (non-hydrogen) atoms. The van der Waals surface area contributed by atoms with Gasteiger partial charge in [0.25, 0.3) is 0 Å². The lowest BCUT2D eigenvalue weighted by Crippen LogP contribution is -2.48. The predicted octanol–water partition coefficient (Wildman–Crippen LogP) is 21.4. The van der Waals surface area contributed by atoms with Crippen LogP contribution in [-0.4, -0.2) is 138 Å². The number of hydrogen-bond acceptors (Lipinski definition) is 20. The van der Waals surface area contributed by atoms with Crippen LogP contribution in [0.15, 0.2) is 240 Å². The third kappa shape index (κ3) is 16.6. The number of para-hydroxylation sites is 2. The first kappa shape index (κ1) is 86.8. The Morgan fingerprint density at radius 2 is 0.577 bits per heavy atom. The zero-order valence-electron chi connectivity index (χ0n) is 73.4. The molecule has 0 unspecified atom stereocenters. The van der Waals surface area contributed by atoms with Crippen molar-refractivity contribution >= 4 is 133 Å². The molecule has 4 atom stereocenters. The van der Waals surface area contributed by atoms with Crippen molar-refractivity contribution in [2.24, 2.45) is 10.8 Å². The lowest BCUT2D eigenvalue weighted by atomic mass is 9.73. The molecule has 652 valence electrons. The van der Waals surface area contributed by atoms with Gasteiger partial charge in [-0.3, -0.25) is 48.6 Å². The maximum Gasteiger partial charge on any atom is 0.242 e. The summed E-state index contributed by atoms with van der Waals surface area (Å²) in [5.41, 5.74) is 26.1. The van der Waals surface area contributed by atoms with E-state index in [1.165, 1.54) is 41.1 Å². The number of likely N-dealkylation sites (tertiary alicyclic amines) is 6. The molecule has 6 fully saturated rings. The molecule has 24 heteroatoms. The average Bonchev–Trinajstić information content (AvgIpc) is 1.56. The fourth-order valence-corrected chi connectivity index (χ4v) is 24.0. The molecule has 0 N–H and O–H groups in total. The summed E-state index contributed by atoms with van der Waals surface area (Å²) in [6.45, 7) is 19.2. The first-order valence-electron chi connectivity index (χ1n) is 45.1. The van der Waals surface area contributed by atoms with Crippen molar-refractivity contribution in [3.05, 3.63) is 307 Å². The Labute approximate surface area is 774 Å². The molecular formula is C106H100N16O4S4. The summed E-state index contributed by atoms with van der Waals surface area (Å²) in [4.78, 5) is 90.2. The van der Waals surface area contributed by atoms with E-state index < -0.39 is 10.8 Å². The SMILES string of the molecule is C[C@@H](c1ccc2scnc2c1)N1CCC2(CC1)C(=O)N(c1ccc(C#N)cc1)c1ccccc12.C[C@@H](c1ccc2scnc2c1)N1CCC2(CCN(Cc3ccc(C#N)cc3)C2=O)CC1.C[C@H](c1ccc2scnc2c1)N1CCC2(CC1)C(=O)N(c1ccc(C#N)cc1)c1ccccc12.C[C@H](c1ccc2scnc2c1)N1CCC2(CCN(Cc3ccc(C#N)cc3)C2=O)CC1. The van der Waals surface area contributed by atoms with Gasteiger partial charge in [0.15, 0.2) is 0 Å². The van der Waals surface area contributed by atoms with Crippen LogP contribution >= 0.6 is 45.3 Å². The number of nitriles is 4. The average molecular weight is 1790 g/mol. The largest absolute Gasteiger partial charge is 0.338 e. The molecule has 10 aromatic carbocycles. The molecule has 4 aromatic heterocycles. The second-order valence-electron chi connectivity index (χ2n) is 36.1. The summed E-state index contributed by atoms with van der Waals surface area (Å²) in [6, 6.07) is 82.3. The third-order valence-electron chi connectivity index (χ3n) is 29.5. The summed E-state index contributed by atoms with van der Waals surface area (Å²) < 4.78 is 4.88. The van der Waals surface area contributed by atoms with E-state index in [1.54, 1.807) is 69.6 Å². The number of thiazole rings is 4. The number of carbonyl (C=O) groups is 4. The normalized spacial score (nSPS) is 19.0. The number of anilines is 4. The number of hydrogen-bond donors (Lipinski definition) is 0. The zero-order valence-corrected chi connectivity index (χ0v) is 76.6. The van der Waals surface area contributed by atoms with Crippen LogP contribution in [0.2, 0.25) is 0 Å². The molecule has 22 rings (SSSR count). The highest BCUT2D eigenvalue weighted by molar-refractivity contribution is 7.17. The standard InChI is InChI=1S/2C28H24N4OS.2C25H26N4OS/c2*1-19(21-8-11-26-24(16-21)30-18-34-26)31-14-12-28(13-15-31)23-4-2-3-5-25(23)32(27(28)33)22-9-6-20(17-29)7-10-22;2*1-18(21-6-7-23-22(14-21)27-17-31-23)28-11-8-25(9-12-28)10-13-29(24(25)30)16-20-4-2-19(15-26)3-5-20/h2*2-11,16,18-19H,12-15H2,1H3;2*2-7,14,17-18H,8-13,16H2,1H3/t2*19-;2*18-/m1010/s1. The molecule has 0 aliphatic carbocycles. The molecule has 8 aliphatic heterocycles. The van der Waals surface area contributed by atoms with E-state index in [1.807, 2.05) is 151 Å². The molecule has 8 aliphatic rings. The van der Waals surface area contributed by atoms with Crippen molar-refractivity contribution in [3.63, 3.8) is 0 Å². The summed E-state index contributed by atoms with van der Waals surface area (Å²) in [5.74, 6) is 0.922. The van der Waals surface area contributed by atoms with Crippen molar-refractivity contribution in [3.8, 4) is 24.3 Å². The van der Waals surface area contributed by atoms with Gasteiger partial charge >= 0.3 is 0 Å². The smallest absolute Gasteiger partial charge is 0.242 e. The molecule has 0 bridgehead atoms. The Balaban J connectivity index is 0.000000112. The first-order valence-corrected chi connectivity index (χ1v) is 48.6. The quantitative estimate of drug-likeness (QED) is 0.0983. The Kier molecular flexibility index (Phi) is 24.5. The number of fused-ring (bicyclic) bond motifs is 8. The van der Waals surface area contributed by atoms with E-state index in [9.17, 15) is 19.2 Å². The Bertz CT molecular complexity index is 6340. The molecule has 12 heterocycles. The van der Waals surface area contributed by atoms with Crippen LogP contribution in [0.4, 0.5) is 22.7 Å². The zero-order chi connectivity index (χ0) is 89.4. The lowest BCUT2D eigenvalue weighted by molar-refractivity contribution is -0.139. The Morgan fingerprint density at radius 1 is 0.315 bits per heavy atom. The number of amides is 4. The van der Waals surface area contributed by atoms with Gasteiger partial charge in [-0.25, -0.2) is 19.9 Å². The lowest BCUT2D eigenvalue weighted by Gasteiger charge is -2.41. The fraction of sp³-hybridized carbons (Fsp3) is 0.321. The maximum absolute atomic E-state index is 14.0. The number of rotatable bonds is 14. The molecule has 0 radical (unpaired) electrons. The van der Waals surface area contributed by atoms with E-state index in [0.717, 1.165) is 197 Å². The molecular weight excluding hydrogens is 1690 g/mol. The van der Waals surface area contributed by atoms with Gasteiger partial charge in [0.05, 0.1) is 142 Å². The summed E-state index contributed by atoms with van der Waals surface area (Å²) in [7, 11) is 0. The van der Waals surface area contributed by atoms with E-state index in [0.29, 0.717) is 59.2 Å². The van der Waals surface area contributed by atoms with Crippen molar-refractivity contribution in [1.29, 1.82) is 21.0 Å². The summed E-state index contributed by atoms with van der Waals surface area (Å²) in [6.07, 6.45) is 8.79. The van der Waals surface area contributed by atoms with Gasteiger partial charge in [0, 0.05) is 87.9 Å². The molecule has 20 nitrogen and oxygen atoms in total. The highest BCUT2D eigenvalue weighted by atomic mass is 32.1. The van der Waals surface area contributed by atoms with Crippen molar-refractivity contribution < 1.29 is 19.2 Å². The molecule has 6 saturated heterocycles. The third-order valence-corrected chi connectivity index (χ3v) is 32.8. The number of aromatic nitrogens is 4. The predicted molar refractivity (Wildman–Crippen MR) is 515 cm³/mol. The molecule has 14 aromatic rings. The van der Waals surface area contributed by atoms with Crippen LogP contribution in [0, 0.1) is 56.2 Å². The van der Waals surface area contributed by atoms with E-state index >= 15 is 0 Å². The maximum atomic E-state index is 14.0. The van der Waals surface area contributed by atoms with E-state index in [2.05, 4.69) is 176 Å². The van der Waals surface area contributed by atoms with Gasteiger partial charge in [-0.15, -0.1) is 45.3 Å². The molecule has 4 amide bonds. The van der Waals surface area contributed by atoms with Gasteiger partial charge in [-0.05, 0) is 296 Å². The number of carbonyl (C=O) groups excluding carboxylic acids is 4. The van der Waals surface area contributed by atoms with Crippen molar-refractivity contribution in [1.82, 2.24) is 49.3 Å². The fourth-order valence-electron chi connectivity index (χ4n) is 21.3. The monoisotopic (exact) mass is 1790 g/mol. The number of nitrogens with zero attached hydrogens (tertiary/aromatic N) is 16. The van der Waals surface area contributed by atoms with Gasteiger partial charge in [0.1, 0.15) is 0 Å². The minimum Gasteiger partial charge on any atom is -0.338 e. The van der Waals surface area contributed by atoms with Crippen LogP contribution in [0.25, 0.3) is 40.9 Å². The second kappa shape index (κ2) is 36.8. The van der Waals surface area contributed by atoms with Crippen LogP contribution in [0.1, 0.15) is 183 Å². The topological polar surface area (TPSA) is 241 Å². The van der Waals surface area contributed by atoms with Crippen LogP contribution in [0.5, 0.6) is 0 Å². The van der Waals surface area contributed by atoms with E-state index in [4.69, 9.17) is 21.0 Å².